The average molecular weight is 467 g/mol. The molecule has 0 unspecified atom stereocenters. The van der Waals surface area contributed by atoms with Gasteiger partial charge in [0.05, 0.1) is 47.5 Å². The molecule has 8 nitrogen and oxygen atoms in total. The molecule has 0 bridgehead atoms. The van der Waals surface area contributed by atoms with E-state index >= 15 is 0 Å². The van der Waals surface area contributed by atoms with Crippen molar-refractivity contribution in [3.63, 3.8) is 0 Å². The molecule has 0 amide bonds. The summed E-state index contributed by atoms with van der Waals surface area (Å²) in [4.78, 5) is 11.4. The molecule has 8 heteroatoms. The summed E-state index contributed by atoms with van der Waals surface area (Å²) >= 11 is 0. The molecule has 2 aromatic heterocycles. The topological polar surface area (TPSA) is 107 Å². The number of aromatic nitrogens is 2. The maximum atomic E-state index is 9.17. The summed E-state index contributed by atoms with van der Waals surface area (Å²) in [6, 6.07) is 13.8. The minimum atomic E-state index is -0.160. The van der Waals surface area contributed by atoms with E-state index in [-0.39, 0.29) is 6.10 Å². The van der Waals surface area contributed by atoms with Crippen molar-refractivity contribution in [3.8, 4) is 11.8 Å². The monoisotopic (exact) mass is 466 g/mol. The summed E-state index contributed by atoms with van der Waals surface area (Å²) in [6.07, 6.45) is 7.38. The summed E-state index contributed by atoms with van der Waals surface area (Å²) in [7, 11) is 0. The van der Waals surface area contributed by atoms with Crippen LogP contribution in [-0.4, -0.2) is 42.5 Å². The molecular formula is C27H26N6O2. The molecule has 1 aromatic carbocycles. The van der Waals surface area contributed by atoms with Gasteiger partial charge in [-0.25, -0.2) is 4.98 Å². The van der Waals surface area contributed by atoms with Gasteiger partial charge in [-0.3, -0.25) is 4.98 Å². The van der Waals surface area contributed by atoms with Crippen LogP contribution in [0.3, 0.4) is 0 Å². The number of benzene rings is 1. The Morgan fingerprint density at radius 3 is 2.77 bits per heavy atom. The van der Waals surface area contributed by atoms with E-state index in [1.807, 2.05) is 42.6 Å². The summed E-state index contributed by atoms with van der Waals surface area (Å²) in [5.74, 6) is 1.68. The number of aryl methyl sites for hydroxylation is 1. The van der Waals surface area contributed by atoms with Crippen LogP contribution < -0.4 is 15.0 Å². The normalized spacial score (nSPS) is 19.6. The number of nitrogens with zero attached hydrogens (tertiary/aromatic N) is 4. The van der Waals surface area contributed by atoms with Crippen molar-refractivity contribution in [2.45, 2.75) is 25.4 Å². The molecule has 0 saturated carbocycles. The van der Waals surface area contributed by atoms with Crippen molar-refractivity contribution in [1.29, 1.82) is 10.7 Å². The lowest BCUT2D eigenvalue weighted by atomic mass is 9.78. The molecule has 3 aromatic rings. The highest BCUT2D eigenvalue weighted by Crippen LogP contribution is 2.40. The Balaban J connectivity index is 1.17. The lowest BCUT2D eigenvalue weighted by molar-refractivity contribution is -0.127. The molecule has 176 valence electrons. The zero-order valence-electron chi connectivity index (χ0n) is 19.3. The van der Waals surface area contributed by atoms with Crippen molar-refractivity contribution in [2.24, 2.45) is 5.41 Å². The van der Waals surface area contributed by atoms with Crippen LogP contribution in [0.1, 0.15) is 41.3 Å². The van der Waals surface area contributed by atoms with E-state index in [0.717, 1.165) is 79.6 Å². The van der Waals surface area contributed by atoms with Gasteiger partial charge in [-0.05, 0) is 55.2 Å². The second kappa shape index (κ2) is 8.67. The van der Waals surface area contributed by atoms with Crippen LogP contribution in [0, 0.1) is 22.2 Å². The van der Waals surface area contributed by atoms with E-state index in [4.69, 9.17) is 14.9 Å². The zero-order valence-corrected chi connectivity index (χ0v) is 19.3. The highest BCUT2D eigenvalue weighted by Gasteiger charge is 2.49. The fourth-order valence-corrected chi connectivity index (χ4v) is 5.11. The van der Waals surface area contributed by atoms with Crippen molar-refractivity contribution in [1.82, 2.24) is 9.97 Å². The third kappa shape index (κ3) is 4.08. The van der Waals surface area contributed by atoms with Crippen LogP contribution in [0.25, 0.3) is 0 Å². The van der Waals surface area contributed by atoms with Crippen molar-refractivity contribution < 1.29 is 9.47 Å². The number of nitrogens with one attached hydrogen (secondary N) is 2. The van der Waals surface area contributed by atoms with Gasteiger partial charge < -0.3 is 25.1 Å². The van der Waals surface area contributed by atoms with Gasteiger partial charge in [0.2, 0.25) is 0 Å². The summed E-state index contributed by atoms with van der Waals surface area (Å²) in [6.45, 7) is 3.72. The molecule has 3 aliphatic rings. The molecule has 1 atom stereocenters. The van der Waals surface area contributed by atoms with Gasteiger partial charge in [0.25, 0.3) is 0 Å². The van der Waals surface area contributed by atoms with Crippen molar-refractivity contribution in [3.05, 3.63) is 71.2 Å². The SMILES string of the molecule is N#Cc1cnc2c(c1)CCC[C@H]2Oc1ccc(C=N)c(Nc2ccc(N3CC4(COC4)C3)nc2)c1. The van der Waals surface area contributed by atoms with Gasteiger partial charge in [0.1, 0.15) is 23.7 Å². The Morgan fingerprint density at radius 2 is 2.06 bits per heavy atom. The number of pyridine rings is 2. The van der Waals surface area contributed by atoms with Gasteiger partial charge in [-0.2, -0.15) is 5.26 Å². The lowest BCUT2D eigenvalue weighted by Gasteiger charge is -2.55. The number of nitriles is 1. The maximum Gasteiger partial charge on any atom is 0.141 e. The summed E-state index contributed by atoms with van der Waals surface area (Å²) < 4.78 is 11.7. The highest BCUT2D eigenvalue weighted by molar-refractivity contribution is 5.88. The Morgan fingerprint density at radius 1 is 1.17 bits per heavy atom. The molecule has 1 spiro atoms. The lowest BCUT2D eigenvalue weighted by Crippen LogP contribution is -2.66. The van der Waals surface area contributed by atoms with Crippen LogP contribution >= 0.6 is 0 Å². The van der Waals surface area contributed by atoms with Gasteiger partial charge in [-0.1, -0.05) is 0 Å². The average Bonchev–Trinajstić information content (AvgIpc) is 2.83. The van der Waals surface area contributed by atoms with Crippen molar-refractivity contribution >= 4 is 23.4 Å². The largest absolute Gasteiger partial charge is 0.484 e. The molecule has 35 heavy (non-hydrogen) atoms. The van der Waals surface area contributed by atoms with Crippen LogP contribution in [0.5, 0.6) is 5.75 Å². The van der Waals surface area contributed by atoms with E-state index in [2.05, 4.69) is 26.3 Å². The number of anilines is 3. The maximum absolute atomic E-state index is 9.17. The number of rotatable bonds is 6. The summed E-state index contributed by atoms with van der Waals surface area (Å²) in [5, 5.41) is 20.4. The highest BCUT2D eigenvalue weighted by atomic mass is 16.5. The predicted octanol–water partition coefficient (Wildman–Crippen LogP) is 4.38. The van der Waals surface area contributed by atoms with Crippen LogP contribution in [0.2, 0.25) is 0 Å². The molecule has 0 radical (unpaired) electrons. The molecular weight excluding hydrogens is 440 g/mol. The number of fused-ring (bicyclic) bond motifs is 1. The number of ether oxygens (including phenoxy) is 2. The molecule has 1 aliphatic carbocycles. The first kappa shape index (κ1) is 21.6. The smallest absolute Gasteiger partial charge is 0.141 e. The number of hydrogen-bond acceptors (Lipinski definition) is 8. The second-order valence-corrected chi connectivity index (χ2v) is 9.65. The minimum absolute atomic E-state index is 0.160. The Hall–Kier alpha value is -3.96. The fraction of sp³-hybridized carbons (Fsp3) is 0.333. The first-order valence-electron chi connectivity index (χ1n) is 11.9. The molecule has 2 aliphatic heterocycles. The molecule has 2 fully saturated rings. The van der Waals surface area contributed by atoms with Crippen molar-refractivity contribution in [2.75, 3.05) is 36.5 Å². The number of hydrogen-bond donors (Lipinski definition) is 2. The zero-order chi connectivity index (χ0) is 23.8. The van der Waals surface area contributed by atoms with Crippen LogP contribution in [0.4, 0.5) is 17.2 Å². The van der Waals surface area contributed by atoms with E-state index in [1.54, 1.807) is 6.20 Å². The van der Waals surface area contributed by atoms with Gasteiger partial charge in [0.15, 0.2) is 0 Å². The molecule has 2 saturated heterocycles. The van der Waals surface area contributed by atoms with E-state index in [9.17, 15) is 5.26 Å². The van der Waals surface area contributed by atoms with E-state index in [0.29, 0.717) is 16.7 Å². The minimum Gasteiger partial charge on any atom is -0.484 e. The Labute approximate surface area is 204 Å². The van der Waals surface area contributed by atoms with Gasteiger partial charge in [0, 0.05) is 37.1 Å². The first-order valence-corrected chi connectivity index (χ1v) is 11.9. The van der Waals surface area contributed by atoms with Gasteiger partial charge >= 0.3 is 0 Å². The Kier molecular flexibility index (Phi) is 5.34. The first-order chi connectivity index (χ1) is 17.1. The third-order valence-electron chi connectivity index (χ3n) is 7.03. The second-order valence-electron chi connectivity index (χ2n) is 9.65. The quantitative estimate of drug-likeness (QED) is 0.519. The molecule has 6 rings (SSSR count). The van der Waals surface area contributed by atoms with Gasteiger partial charge in [-0.15, -0.1) is 0 Å². The van der Waals surface area contributed by atoms with E-state index in [1.165, 1.54) is 6.21 Å². The summed E-state index contributed by atoms with van der Waals surface area (Å²) in [5.41, 5.74) is 5.31. The fourth-order valence-electron chi connectivity index (χ4n) is 5.11. The standard InChI is InChI=1S/C27H26N6O2/c28-10-18-8-19-2-1-3-24(26(19)31-12-18)35-22-6-4-20(11-29)23(9-22)32-21-5-7-25(30-13-21)33-14-27(15-33)16-34-17-27/h4-9,11-13,24,29,32H,1-3,14-17H2/t24-/m1/s1. The molecule has 4 heterocycles. The van der Waals surface area contributed by atoms with E-state index < -0.39 is 0 Å². The van der Waals surface area contributed by atoms with Crippen LogP contribution in [-0.2, 0) is 11.2 Å². The third-order valence-corrected chi connectivity index (χ3v) is 7.03. The Bertz CT molecular complexity index is 1300. The predicted molar refractivity (Wildman–Crippen MR) is 133 cm³/mol. The van der Waals surface area contributed by atoms with Crippen LogP contribution in [0.15, 0.2) is 48.8 Å². The molecule has 2 N–H and O–H groups in total.